The number of ether oxygens (including phenoxy) is 4. The molecule has 0 aromatic heterocycles. The van der Waals surface area contributed by atoms with Crippen LogP contribution in [0.2, 0.25) is 0 Å². The molecule has 7 heteroatoms. The van der Waals surface area contributed by atoms with Gasteiger partial charge in [-0.05, 0) is 48.8 Å². The lowest BCUT2D eigenvalue weighted by Gasteiger charge is -2.31. The molecule has 0 aliphatic heterocycles. The summed E-state index contributed by atoms with van der Waals surface area (Å²) in [6.45, 7) is 1.24. The summed E-state index contributed by atoms with van der Waals surface area (Å²) in [5.41, 5.74) is 2.14. The minimum absolute atomic E-state index is 0.415. The number of hydrogen-bond acceptors (Lipinski definition) is 5. The topological polar surface area (TPSA) is 52.2 Å². The van der Waals surface area contributed by atoms with E-state index in [0.717, 1.165) is 40.6 Å². The summed E-state index contributed by atoms with van der Waals surface area (Å²) in [6.07, 6.45) is 8.80. The molecule has 6 nitrogen and oxygen atoms in total. The Morgan fingerprint density at radius 1 is 0.794 bits per heavy atom. The molecule has 186 valence electrons. The van der Waals surface area contributed by atoms with Crippen LogP contribution in [0.4, 0.5) is 0 Å². The van der Waals surface area contributed by atoms with Crippen molar-refractivity contribution in [2.75, 3.05) is 28.4 Å². The van der Waals surface area contributed by atoms with Crippen LogP contribution in [-0.2, 0) is 13.1 Å². The molecule has 2 aromatic carbocycles. The minimum atomic E-state index is 0.415. The fraction of sp³-hybridized carbons (Fsp3) is 0.519. The molecule has 0 heterocycles. The highest BCUT2D eigenvalue weighted by atomic mass is 32.1. The van der Waals surface area contributed by atoms with Crippen LogP contribution in [0.15, 0.2) is 36.4 Å². The Labute approximate surface area is 209 Å². The molecule has 1 fully saturated rings. The highest BCUT2D eigenvalue weighted by Crippen LogP contribution is 2.35. The van der Waals surface area contributed by atoms with Gasteiger partial charge in [0, 0.05) is 30.8 Å². The monoisotopic (exact) mass is 486 g/mol. The molecule has 0 unspecified atom stereocenters. The van der Waals surface area contributed by atoms with Crippen molar-refractivity contribution < 1.29 is 18.9 Å². The van der Waals surface area contributed by atoms with Gasteiger partial charge in [0.25, 0.3) is 0 Å². The normalized spacial score (nSPS) is 14.5. The summed E-state index contributed by atoms with van der Waals surface area (Å²) in [4.78, 5) is 2.19. The smallest absolute Gasteiger partial charge is 0.169 e. The van der Waals surface area contributed by atoms with E-state index in [9.17, 15) is 0 Å². The Morgan fingerprint density at radius 3 is 1.97 bits per heavy atom. The highest BCUT2D eigenvalue weighted by molar-refractivity contribution is 7.80. The number of nitrogens with one attached hydrogen (secondary N) is 1. The van der Waals surface area contributed by atoms with Crippen molar-refractivity contribution in [1.29, 1.82) is 0 Å². The second-order valence-electron chi connectivity index (χ2n) is 8.71. The third-order valence-electron chi connectivity index (χ3n) is 6.40. The SMILES string of the molecule is COc1ccc(CN(Cc2cc(OC)c(OC)cc2OC)C(=S)NC2CCCCCCC2)cc1. The van der Waals surface area contributed by atoms with Crippen molar-refractivity contribution in [3.63, 3.8) is 0 Å². The molecule has 2 aromatic rings. The Hall–Kier alpha value is -2.67. The third kappa shape index (κ3) is 7.16. The van der Waals surface area contributed by atoms with Gasteiger partial charge in [-0.1, -0.05) is 44.2 Å². The number of benzene rings is 2. The van der Waals surface area contributed by atoms with E-state index in [1.54, 1.807) is 28.4 Å². The van der Waals surface area contributed by atoms with Gasteiger partial charge in [-0.3, -0.25) is 0 Å². The average Bonchev–Trinajstić information content (AvgIpc) is 2.85. The van der Waals surface area contributed by atoms with Crippen LogP contribution in [0, 0.1) is 0 Å². The number of rotatable bonds is 9. The van der Waals surface area contributed by atoms with Crippen molar-refractivity contribution in [3.05, 3.63) is 47.5 Å². The van der Waals surface area contributed by atoms with Crippen molar-refractivity contribution in [1.82, 2.24) is 10.2 Å². The first-order valence-corrected chi connectivity index (χ1v) is 12.5. The highest BCUT2D eigenvalue weighted by Gasteiger charge is 2.20. The maximum Gasteiger partial charge on any atom is 0.169 e. The van der Waals surface area contributed by atoms with E-state index in [2.05, 4.69) is 22.3 Å². The maximum absolute atomic E-state index is 5.96. The van der Waals surface area contributed by atoms with Gasteiger partial charge < -0.3 is 29.2 Å². The van der Waals surface area contributed by atoms with Crippen LogP contribution >= 0.6 is 12.2 Å². The van der Waals surface area contributed by atoms with Crippen LogP contribution in [0.1, 0.15) is 56.1 Å². The lowest BCUT2D eigenvalue weighted by Crippen LogP contribution is -2.44. The molecule has 0 radical (unpaired) electrons. The van der Waals surface area contributed by atoms with Gasteiger partial charge in [0.1, 0.15) is 11.5 Å². The molecule has 1 N–H and O–H groups in total. The van der Waals surface area contributed by atoms with E-state index in [1.807, 2.05) is 24.3 Å². The Balaban J connectivity index is 1.85. The first-order chi connectivity index (χ1) is 16.6. The molecule has 0 atom stereocenters. The van der Waals surface area contributed by atoms with Crippen molar-refractivity contribution >= 4 is 17.3 Å². The van der Waals surface area contributed by atoms with Crippen molar-refractivity contribution in [2.45, 2.75) is 64.1 Å². The molecule has 1 saturated carbocycles. The average molecular weight is 487 g/mol. The van der Waals surface area contributed by atoms with Gasteiger partial charge in [-0.15, -0.1) is 0 Å². The second-order valence-corrected chi connectivity index (χ2v) is 9.10. The number of thiocarbonyl (C=S) groups is 1. The molecular weight excluding hydrogens is 448 g/mol. The second kappa shape index (κ2) is 13.3. The van der Waals surface area contributed by atoms with Gasteiger partial charge in [-0.25, -0.2) is 0 Å². The maximum atomic E-state index is 5.96. The Morgan fingerprint density at radius 2 is 1.38 bits per heavy atom. The van der Waals surface area contributed by atoms with E-state index >= 15 is 0 Å². The van der Waals surface area contributed by atoms with Gasteiger partial charge in [0.05, 0.1) is 28.4 Å². The fourth-order valence-corrected chi connectivity index (χ4v) is 4.73. The standard InChI is InChI=1S/C27H38N2O4S/c1-30-23-14-12-20(13-15-23)18-29(27(34)28-22-10-8-6-5-7-9-11-22)19-21-16-25(32-3)26(33-4)17-24(21)31-2/h12-17,22H,5-11,18-19H2,1-4H3,(H,28,34). The molecule has 0 spiro atoms. The van der Waals surface area contributed by atoms with Gasteiger partial charge in [-0.2, -0.15) is 0 Å². The number of hydrogen-bond donors (Lipinski definition) is 1. The Bertz CT molecular complexity index is 912. The molecule has 0 bridgehead atoms. The summed E-state index contributed by atoms with van der Waals surface area (Å²) in [5.74, 6) is 2.89. The zero-order chi connectivity index (χ0) is 24.3. The zero-order valence-electron chi connectivity index (χ0n) is 20.9. The molecule has 34 heavy (non-hydrogen) atoms. The van der Waals surface area contributed by atoms with Crippen molar-refractivity contribution in [2.24, 2.45) is 0 Å². The van der Waals surface area contributed by atoms with Crippen LogP contribution < -0.4 is 24.3 Å². The Kier molecular flexibility index (Phi) is 10.1. The third-order valence-corrected chi connectivity index (χ3v) is 6.78. The predicted molar refractivity (Wildman–Crippen MR) is 140 cm³/mol. The summed E-state index contributed by atoms with van der Waals surface area (Å²) < 4.78 is 22.0. The van der Waals surface area contributed by atoms with E-state index in [-0.39, 0.29) is 0 Å². The molecule has 1 aliphatic carbocycles. The van der Waals surface area contributed by atoms with Gasteiger partial charge in [0.15, 0.2) is 16.6 Å². The molecule has 0 amide bonds. The van der Waals surface area contributed by atoms with Crippen LogP contribution in [-0.4, -0.2) is 44.5 Å². The summed E-state index contributed by atoms with van der Waals surface area (Å²) in [5, 5.41) is 4.44. The van der Waals surface area contributed by atoms with E-state index in [0.29, 0.717) is 30.6 Å². The van der Waals surface area contributed by atoms with Crippen molar-refractivity contribution in [3.8, 4) is 23.0 Å². The van der Waals surface area contributed by atoms with Gasteiger partial charge in [0.2, 0.25) is 0 Å². The quantitative estimate of drug-likeness (QED) is 0.456. The first-order valence-electron chi connectivity index (χ1n) is 12.0. The fourth-order valence-electron chi connectivity index (χ4n) is 4.44. The van der Waals surface area contributed by atoms with E-state index in [4.69, 9.17) is 31.2 Å². The van der Waals surface area contributed by atoms with Crippen LogP contribution in [0.5, 0.6) is 23.0 Å². The van der Waals surface area contributed by atoms with Gasteiger partial charge >= 0.3 is 0 Å². The zero-order valence-corrected chi connectivity index (χ0v) is 21.7. The number of methoxy groups -OCH3 is 4. The van der Waals surface area contributed by atoms with Crippen LogP contribution in [0.3, 0.4) is 0 Å². The first kappa shape index (κ1) is 25.9. The van der Waals surface area contributed by atoms with E-state index in [1.165, 1.54) is 32.1 Å². The molecule has 1 aliphatic rings. The summed E-state index contributed by atoms with van der Waals surface area (Å²) in [6, 6.07) is 12.4. The van der Waals surface area contributed by atoms with E-state index < -0.39 is 0 Å². The largest absolute Gasteiger partial charge is 0.497 e. The van der Waals surface area contributed by atoms with Crippen LogP contribution in [0.25, 0.3) is 0 Å². The number of nitrogens with zero attached hydrogens (tertiary/aromatic N) is 1. The minimum Gasteiger partial charge on any atom is -0.497 e. The predicted octanol–water partition coefficient (Wildman–Crippen LogP) is 5.71. The lowest BCUT2D eigenvalue weighted by molar-refractivity contribution is 0.337. The lowest BCUT2D eigenvalue weighted by atomic mass is 9.97. The summed E-state index contributed by atoms with van der Waals surface area (Å²) >= 11 is 5.96. The molecule has 0 saturated heterocycles. The molecular formula is C27H38N2O4S. The summed E-state index contributed by atoms with van der Waals surface area (Å²) in [7, 11) is 6.62. The molecule has 3 rings (SSSR count).